The zero-order chi connectivity index (χ0) is 16.0. The number of alkyl halides is 3. The van der Waals surface area contributed by atoms with Crippen LogP contribution in [0.3, 0.4) is 0 Å². The Morgan fingerprint density at radius 2 is 1.95 bits per heavy atom. The molecule has 2 heterocycles. The smallest absolute Gasteiger partial charge is 0.416 e. The third-order valence-electron chi connectivity index (χ3n) is 2.58. The molecule has 21 heavy (non-hydrogen) atoms. The predicted octanol–water partition coefficient (Wildman–Crippen LogP) is 2.89. The van der Waals surface area contributed by atoms with Crippen molar-refractivity contribution in [3.8, 4) is 0 Å². The number of rotatable bonds is 1. The molecule has 2 aromatic heterocycles. The maximum Gasteiger partial charge on any atom is 0.416 e. The molecule has 0 aliphatic carbocycles. The molecule has 2 rings (SSSR count). The van der Waals surface area contributed by atoms with Gasteiger partial charge >= 0.3 is 12.1 Å². The Morgan fingerprint density at radius 3 is 2.48 bits per heavy atom. The second-order valence-electron chi connectivity index (χ2n) is 5.49. The number of nitrogen functional groups attached to an aromatic ring is 1. The number of nitrogens with zero attached hydrogens (tertiary/aromatic N) is 2. The summed E-state index contributed by atoms with van der Waals surface area (Å²) in [5.74, 6) is -0.842. The summed E-state index contributed by atoms with van der Waals surface area (Å²) in [5.41, 5.74) is 3.85. The first-order chi connectivity index (χ1) is 9.49. The molecule has 0 aromatic carbocycles. The first kappa shape index (κ1) is 15.1. The summed E-state index contributed by atoms with van der Waals surface area (Å²) in [6.07, 6.45) is -3.37. The van der Waals surface area contributed by atoms with Crippen LogP contribution in [0.5, 0.6) is 0 Å². The number of carbonyl (C=O) groups is 1. The fraction of sp³-hybridized carbons (Fsp3) is 0.385. The van der Waals surface area contributed by atoms with Gasteiger partial charge in [0.1, 0.15) is 17.1 Å². The highest BCUT2D eigenvalue weighted by Gasteiger charge is 2.31. The Kier molecular flexibility index (Phi) is 3.35. The molecule has 0 aliphatic rings. The molecule has 0 spiro atoms. The van der Waals surface area contributed by atoms with Gasteiger partial charge in [0.05, 0.1) is 5.56 Å². The number of fused-ring (bicyclic) bond motifs is 1. The molecule has 0 radical (unpaired) electrons. The van der Waals surface area contributed by atoms with Gasteiger partial charge in [0, 0.05) is 6.20 Å². The Labute approximate surface area is 118 Å². The van der Waals surface area contributed by atoms with Crippen molar-refractivity contribution in [2.45, 2.75) is 32.5 Å². The lowest BCUT2D eigenvalue weighted by Gasteiger charge is -2.18. The number of pyridine rings is 1. The van der Waals surface area contributed by atoms with Crippen molar-refractivity contribution in [1.82, 2.24) is 9.38 Å². The molecule has 0 saturated heterocycles. The summed E-state index contributed by atoms with van der Waals surface area (Å²) in [6, 6.07) is 1.69. The van der Waals surface area contributed by atoms with Gasteiger partial charge in [-0.2, -0.15) is 13.2 Å². The first-order valence-corrected chi connectivity index (χ1v) is 6.07. The number of imidazole rings is 1. The van der Waals surface area contributed by atoms with Crippen molar-refractivity contribution >= 4 is 17.4 Å². The summed E-state index contributed by atoms with van der Waals surface area (Å²) >= 11 is 0. The Morgan fingerprint density at radius 1 is 1.33 bits per heavy atom. The summed E-state index contributed by atoms with van der Waals surface area (Å²) in [6.45, 7) is 5.00. The Hall–Kier alpha value is -2.25. The second kappa shape index (κ2) is 4.64. The van der Waals surface area contributed by atoms with E-state index in [9.17, 15) is 18.0 Å². The van der Waals surface area contributed by atoms with Crippen LogP contribution in [0, 0.1) is 0 Å². The number of carbonyl (C=O) groups excluding carboxylic acids is 1. The zero-order valence-corrected chi connectivity index (χ0v) is 11.7. The summed E-state index contributed by atoms with van der Waals surface area (Å²) in [4.78, 5) is 15.8. The molecule has 0 unspecified atom stereocenters. The maximum atomic E-state index is 12.6. The van der Waals surface area contributed by atoms with Crippen LogP contribution in [-0.2, 0) is 10.9 Å². The number of ether oxygens (including phenoxy) is 1. The number of hydrogen-bond acceptors (Lipinski definition) is 4. The van der Waals surface area contributed by atoms with Crippen LogP contribution < -0.4 is 5.73 Å². The summed E-state index contributed by atoms with van der Waals surface area (Å²) in [7, 11) is 0. The SMILES string of the molecule is CC(C)(C)OC(=O)c1nc2cc(C(F)(F)F)ccn2c1N. The van der Waals surface area contributed by atoms with Gasteiger partial charge in [-0.05, 0) is 32.9 Å². The highest BCUT2D eigenvalue weighted by Crippen LogP contribution is 2.30. The van der Waals surface area contributed by atoms with Crippen LogP contribution >= 0.6 is 0 Å². The lowest BCUT2D eigenvalue weighted by Crippen LogP contribution is -2.24. The van der Waals surface area contributed by atoms with E-state index in [-0.39, 0.29) is 17.2 Å². The number of aromatic nitrogens is 2. The van der Waals surface area contributed by atoms with Gasteiger partial charge in [-0.15, -0.1) is 0 Å². The van der Waals surface area contributed by atoms with Gasteiger partial charge in [-0.25, -0.2) is 9.78 Å². The maximum absolute atomic E-state index is 12.6. The van der Waals surface area contributed by atoms with Gasteiger partial charge in [0.15, 0.2) is 5.69 Å². The van der Waals surface area contributed by atoms with Crippen molar-refractivity contribution in [2.24, 2.45) is 0 Å². The molecule has 114 valence electrons. The van der Waals surface area contributed by atoms with Crippen molar-refractivity contribution in [2.75, 3.05) is 5.73 Å². The molecule has 0 fully saturated rings. The lowest BCUT2D eigenvalue weighted by molar-refractivity contribution is -0.137. The number of esters is 1. The fourth-order valence-electron chi connectivity index (χ4n) is 1.72. The van der Waals surface area contributed by atoms with Crippen LogP contribution in [0.4, 0.5) is 19.0 Å². The van der Waals surface area contributed by atoms with Gasteiger partial charge in [-0.3, -0.25) is 4.40 Å². The monoisotopic (exact) mass is 301 g/mol. The van der Waals surface area contributed by atoms with Gasteiger partial charge in [0.25, 0.3) is 0 Å². The normalized spacial score (nSPS) is 12.7. The third-order valence-corrected chi connectivity index (χ3v) is 2.58. The van der Waals surface area contributed by atoms with E-state index < -0.39 is 23.3 Å². The molecule has 8 heteroatoms. The molecular formula is C13H14F3N3O2. The predicted molar refractivity (Wildman–Crippen MR) is 69.8 cm³/mol. The molecule has 5 nitrogen and oxygen atoms in total. The number of anilines is 1. The number of hydrogen-bond donors (Lipinski definition) is 1. The molecule has 0 bridgehead atoms. The Balaban J connectivity index is 2.48. The Bertz CT molecular complexity index is 699. The van der Waals surface area contributed by atoms with Crippen LogP contribution in [0.15, 0.2) is 18.3 Å². The van der Waals surface area contributed by atoms with E-state index >= 15 is 0 Å². The van der Waals surface area contributed by atoms with Crippen molar-refractivity contribution in [1.29, 1.82) is 0 Å². The minimum absolute atomic E-state index is 0.0621. The van der Waals surface area contributed by atoms with Crippen molar-refractivity contribution < 1.29 is 22.7 Å². The van der Waals surface area contributed by atoms with E-state index in [1.54, 1.807) is 20.8 Å². The third kappa shape index (κ3) is 3.09. The highest BCUT2D eigenvalue weighted by molar-refractivity contribution is 5.93. The van der Waals surface area contributed by atoms with E-state index in [1.807, 2.05) is 0 Å². The van der Waals surface area contributed by atoms with Crippen molar-refractivity contribution in [3.05, 3.63) is 29.6 Å². The van der Waals surface area contributed by atoms with Crippen LogP contribution in [0.25, 0.3) is 5.65 Å². The van der Waals surface area contributed by atoms with Gasteiger partial charge in [-0.1, -0.05) is 0 Å². The molecule has 0 aliphatic heterocycles. The quantitative estimate of drug-likeness (QED) is 0.822. The van der Waals surface area contributed by atoms with Crippen LogP contribution in [0.2, 0.25) is 0 Å². The van der Waals surface area contributed by atoms with Crippen LogP contribution in [-0.4, -0.2) is 21.0 Å². The second-order valence-corrected chi connectivity index (χ2v) is 5.49. The standard InChI is InChI=1S/C13H14F3N3O2/c1-12(2,3)21-11(20)9-10(17)19-5-4-7(13(14,15)16)6-8(19)18-9/h4-6H,17H2,1-3H3. The van der Waals surface area contributed by atoms with Crippen molar-refractivity contribution in [3.63, 3.8) is 0 Å². The molecule has 0 amide bonds. The molecule has 2 N–H and O–H groups in total. The zero-order valence-electron chi connectivity index (χ0n) is 11.7. The van der Waals surface area contributed by atoms with E-state index in [0.717, 1.165) is 18.3 Å². The fourth-order valence-corrected chi connectivity index (χ4v) is 1.72. The average Bonchev–Trinajstić information content (AvgIpc) is 2.63. The van der Waals surface area contributed by atoms with Crippen LogP contribution in [0.1, 0.15) is 36.8 Å². The highest BCUT2D eigenvalue weighted by atomic mass is 19.4. The molecule has 0 saturated carbocycles. The van der Waals surface area contributed by atoms with Gasteiger partial charge in [0.2, 0.25) is 0 Å². The number of nitrogens with two attached hydrogens (primary N) is 1. The molecule has 2 aromatic rings. The number of halogens is 3. The first-order valence-electron chi connectivity index (χ1n) is 6.07. The minimum Gasteiger partial charge on any atom is -0.455 e. The van der Waals surface area contributed by atoms with E-state index in [1.165, 1.54) is 4.40 Å². The van der Waals surface area contributed by atoms with E-state index in [2.05, 4.69) is 4.98 Å². The summed E-state index contributed by atoms with van der Waals surface area (Å²) in [5, 5.41) is 0. The minimum atomic E-state index is -4.49. The van der Waals surface area contributed by atoms with Gasteiger partial charge < -0.3 is 10.5 Å². The lowest BCUT2D eigenvalue weighted by atomic mass is 10.2. The molecular weight excluding hydrogens is 287 g/mol. The summed E-state index contributed by atoms with van der Waals surface area (Å²) < 4.78 is 44.3. The molecule has 0 atom stereocenters. The topological polar surface area (TPSA) is 69.6 Å². The largest absolute Gasteiger partial charge is 0.455 e. The van der Waals surface area contributed by atoms with E-state index in [0.29, 0.717) is 0 Å². The van der Waals surface area contributed by atoms with E-state index in [4.69, 9.17) is 10.5 Å². The average molecular weight is 301 g/mol.